The number of methoxy groups -OCH3 is 1. The van der Waals surface area contributed by atoms with Gasteiger partial charge >= 0.3 is 0 Å². The summed E-state index contributed by atoms with van der Waals surface area (Å²) in [5.41, 5.74) is 1.89. The molecule has 0 saturated carbocycles. The Morgan fingerprint density at radius 2 is 2.12 bits per heavy atom. The Balaban J connectivity index is 1.73. The zero-order valence-corrected chi connectivity index (χ0v) is 17.0. The van der Waals surface area contributed by atoms with E-state index in [-0.39, 0.29) is 5.91 Å². The van der Waals surface area contributed by atoms with E-state index in [1.165, 1.54) is 17.3 Å². The fourth-order valence-electron chi connectivity index (χ4n) is 3.14. The molecule has 0 spiro atoms. The van der Waals surface area contributed by atoms with Gasteiger partial charge in [0.05, 0.1) is 18.6 Å². The third-order valence-electron chi connectivity index (χ3n) is 4.38. The van der Waals surface area contributed by atoms with Crippen LogP contribution in [0.15, 0.2) is 34.3 Å². The van der Waals surface area contributed by atoms with Gasteiger partial charge in [-0.05, 0) is 25.5 Å². The number of aromatic nitrogens is 2. The second-order valence-electron chi connectivity index (χ2n) is 6.17. The van der Waals surface area contributed by atoms with Gasteiger partial charge < -0.3 is 10.1 Å². The summed E-state index contributed by atoms with van der Waals surface area (Å²) in [4.78, 5) is 21.6. The van der Waals surface area contributed by atoms with Crippen LogP contribution in [-0.4, -0.2) is 34.0 Å². The molecule has 0 bridgehead atoms. The monoisotopic (exact) mass is 389 g/mol. The number of nitrogens with one attached hydrogen (secondary N) is 1. The van der Waals surface area contributed by atoms with Crippen molar-refractivity contribution in [3.05, 3.63) is 35.7 Å². The van der Waals surface area contributed by atoms with Crippen LogP contribution >= 0.6 is 23.5 Å². The topological polar surface area (TPSA) is 64.1 Å². The summed E-state index contributed by atoms with van der Waals surface area (Å²) in [7, 11) is 1.59. The molecule has 2 heterocycles. The first-order valence-corrected chi connectivity index (χ1v) is 10.5. The van der Waals surface area contributed by atoms with Gasteiger partial charge in [-0.2, -0.15) is 0 Å². The summed E-state index contributed by atoms with van der Waals surface area (Å²) in [6.07, 6.45) is 1.05. The standard InChI is InChI=1S/C19H23N3O2S2/c1-5-13-11(2)26-19-17(13)18(20-12(3)21-19)25-10-16(23)22-14-8-6-7-9-15(14)24-4/h6-9,11,13H,5,10H2,1-4H3,(H,22,23)/t11-,13-/m0/s1. The fraction of sp³-hybridized carbons (Fsp3) is 0.421. The molecule has 1 aliphatic heterocycles. The van der Waals surface area contributed by atoms with Crippen LogP contribution in [0.4, 0.5) is 5.69 Å². The van der Waals surface area contributed by atoms with Gasteiger partial charge in [-0.25, -0.2) is 9.97 Å². The first-order valence-electron chi connectivity index (χ1n) is 8.64. The summed E-state index contributed by atoms with van der Waals surface area (Å²) >= 11 is 3.30. The van der Waals surface area contributed by atoms with Gasteiger partial charge in [0.2, 0.25) is 5.91 Å². The van der Waals surface area contributed by atoms with Crippen molar-refractivity contribution in [2.45, 2.75) is 48.4 Å². The predicted octanol–water partition coefficient (Wildman–Crippen LogP) is 4.51. The first-order chi connectivity index (χ1) is 12.5. The molecule has 1 aromatic carbocycles. The second kappa shape index (κ2) is 8.31. The Bertz CT molecular complexity index is 813. The van der Waals surface area contributed by atoms with E-state index in [0.717, 1.165) is 22.3 Å². The maximum atomic E-state index is 12.4. The molecule has 1 N–H and O–H groups in total. The van der Waals surface area contributed by atoms with E-state index in [2.05, 4.69) is 29.1 Å². The lowest BCUT2D eigenvalue weighted by Crippen LogP contribution is -2.15. The molecule has 3 rings (SSSR count). The zero-order chi connectivity index (χ0) is 18.7. The molecule has 7 heteroatoms. The number of anilines is 1. The molecular weight excluding hydrogens is 366 g/mol. The number of carbonyl (C=O) groups is 1. The average Bonchev–Trinajstić information content (AvgIpc) is 2.94. The number of carbonyl (C=O) groups excluding carboxylic acids is 1. The Morgan fingerprint density at radius 3 is 2.85 bits per heavy atom. The Labute approximate surface area is 162 Å². The van der Waals surface area contributed by atoms with Crippen LogP contribution in [-0.2, 0) is 4.79 Å². The number of amides is 1. The number of thioether (sulfide) groups is 2. The highest BCUT2D eigenvalue weighted by molar-refractivity contribution is 8.01. The van der Waals surface area contributed by atoms with E-state index in [9.17, 15) is 4.79 Å². The molecule has 1 amide bonds. The highest BCUT2D eigenvalue weighted by Gasteiger charge is 2.33. The molecule has 0 aliphatic carbocycles. The minimum Gasteiger partial charge on any atom is -0.495 e. The molecule has 1 aliphatic rings. The average molecular weight is 390 g/mol. The lowest BCUT2D eigenvalue weighted by atomic mass is 9.96. The Kier molecular flexibility index (Phi) is 6.09. The van der Waals surface area contributed by atoms with Crippen molar-refractivity contribution in [2.75, 3.05) is 18.2 Å². The van der Waals surface area contributed by atoms with Crippen LogP contribution in [0.5, 0.6) is 5.75 Å². The van der Waals surface area contributed by atoms with E-state index >= 15 is 0 Å². The van der Waals surface area contributed by atoms with Crippen molar-refractivity contribution < 1.29 is 9.53 Å². The lowest BCUT2D eigenvalue weighted by molar-refractivity contribution is -0.113. The van der Waals surface area contributed by atoms with Gasteiger partial charge in [-0.15, -0.1) is 11.8 Å². The second-order valence-corrected chi connectivity index (χ2v) is 8.50. The summed E-state index contributed by atoms with van der Waals surface area (Å²) in [5, 5.41) is 5.42. The third kappa shape index (κ3) is 3.99. The molecule has 0 saturated heterocycles. The van der Waals surface area contributed by atoms with Gasteiger partial charge in [-0.1, -0.05) is 37.7 Å². The van der Waals surface area contributed by atoms with Crippen LogP contribution in [0, 0.1) is 6.92 Å². The van der Waals surface area contributed by atoms with Crippen LogP contribution in [0.1, 0.15) is 37.6 Å². The SMILES string of the molecule is CC[C@@H]1c2c(SCC(=O)Nc3ccccc3OC)nc(C)nc2S[C@H]1C. The zero-order valence-electron chi connectivity index (χ0n) is 15.4. The molecule has 138 valence electrons. The number of aryl methyl sites for hydroxylation is 1. The van der Waals surface area contributed by atoms with Crippen LogP contribution in [0.3, 0.4) is 0 Å². The van der Waals surface area contributed by atoms with E-state index in [1.807, 2.05) is 43.0 Å². The largest absolute Gasteiger partial charge is 0.495 e. The third-order valence-corrected chi connectivity index (χ3v) is 6.61. The van der Waals surface area contributed by atoms with E-state index in [1.54, 1.807) is 7.11 Å². The van der Waals surface area contributed by atoms with E-state index < -0.39 is 0 Å². The van der Waals surface area contributed by atoms with Crippen LogP contribution < -0.4 is 10.1 Å². The van der Waals surface area contributed by atoms with E-state index in [4.69, 9.17) is 4.74 Å². The molecule has 2 aromatic rings. The van der Waals surface area contributed by atoms with Crippen molar-refractivity contribution in [3.8, 4) is 5.75 Å². The number of rotatable bonds is 6. The normalized spacial score (nSPS) is 18.5. The van der Waals surface area contributed by atoms with Crippen LogP contribution in [0.2, 0.25) is 0 Å². The maximum absolute atomic E-state index is 12.4. The first kappa shape index (κ1) is 19.0. The fourth-order valence-corrected chi connectivity index (χ4v) is 5.55. The van der Waals surface area contributed by atoms with Crippen molar-refractivity contribution >= 4 is 35.1 Å². The number of ether oxygens (including phenoxy) is 1. The summed E-state index contributed by atoms with van der Waals surface area (Å²) in [6, 6.07) is 7.41. The minimum absolute atomic E-state index is 0.0729. The number of nitrogens with zero attached hydrogens (tertiary/aromatic N) is 2. The number of benzene rings is 1. The summed E-state index contributed by atoms with van der Waals surface area (Å²) < 4.78 is 5.28. The van der Waals surface area contributed by atoms with Gasteiger partial charge in [0.15, 0.2) is 0 Å². The molecule has 5 nitrogen and oxygen atoms in total. The maximum Gasteiger partial charge on any atom is 0.234 e. The molecule has 0 radical (unpaired) electrons. The van der Waals surface area contributed by atoms with Crippen molar-refractivity contribution in [3.63, 3.8) is 0 Å². The molecule has 0 unspecified atom stereocenters. The minimum atomic E-state index is -0.0729. The van der Waals surface area contributed by atoms with Crippen molar-refractivity contribution in [1.82, 2.24) is 9.97 Å². The highest BCUT2D eigenvalue weighted by atomic mass is 32.2. The predicted molar refractivity (Wildman–Crippen MR) is 107 cm³/mol. The number of hydrogen-bond donors (Lipinski definition) is 1. The highest BCUT2D eigenvalue weighted by Crippen LogP contribution is 2.48. The van der Waals surface area contributed by atoms with Gasteiger partial charge in [0.1, 0.15) is 21.6 Å². The molecule has 2 atom stereocenters. The van der Waals surface area contributed by atoms with Gasteiger partial charge in [0.25, 0.3) is 0 Å². The number of para-hydroxylation sites is 2. The Hall–Kier alpha value is -1.73. The quantitative estimate of drug-likeness (QED) is 0.579. The number of hydrogen-bond acceptors (Lipinski definition) is 6. The molecule has 0 fully saturated rings. The molecule has 1 aromatic heterocycles. The van der Waals surface area contributed by atoms with Crippen molar-refractivity contribution in [1.29, 1.82) is 0 Å². The van der Waals surface area contributed by atoms with Gasteiger partial charge in [0, 0.05) is 16.7 Å². The Morgan fingerprint density at radius 1 is 1.35 bits per heavy atom. The lowest BCUT2D eigenvalue weighted by Gasteiger charge is -2.15. The van der Waals surface area contributed by atoms with E-state index in [0.29, 0.717) is 28.4 Å². The smallest absolute Gasteiger partial charge is 0.234 e. The summed E-state index contributed by atoms with van der Waals surface area (Å²) in [6.45, 7) is 6.34. The summed E-state index contributed by atoms with van der Waals surface area (Å²) in [5.74, 6) is 2.08. The number of fused-ring (bicyclic) bond motifs is 1. The van der Waals surface area contributed by atoms with Crippen LogP contribution in [0.25, 0.3) is 0 Å². The molecular formula is C19H23N3O2S2. The van der Waals surface area contributed by atoms with Gasteiger partial charge in [-0.3, -0.25) is 4.79 Å². The molecule has 26 heavy (non-hydrogen) atoms. The van der Waals surface area contributed by atoms with Crippen molar-refractivity contribution in [2.24, 2.45) is 0 Å².